The van der Waals surface area contributed by atoms with Gasteiger partial charge in [0.25, 0.3) is 0 Å². The summed E-state index contributed by atoms with van der Waals surface area (Å²) in [5, 5.41) is 0.827. The van der Waals surface area contributed by atoms with Gasteiger partial charge in [0.1, 0.15) is 17.8 Å². The first-order valence-corrected chi connectivity index (χ1v) is 7.04. The van der Waals surface area contributed by atoms with E-state index in [1.807, 2.05) is 0 Å². The molecular formula is C15H17ClN2O4. The molecule has 0 bridgehead atoms. The summed E-state index contributed by atoms with van der Waals surface area (Å²) in [6.45, 7) is 5.42. The quantitative estimate of drug-likeness (QED) is 0.812. The molecule has 0 aliphatic carbocycles. The molecule has 2 aromatic rings. The van der Waals surface area contributed by atoms with E-state index in [0.717, 1.165) is 0 Å². The number of hydrogen-bond donors (Lipinski definition) is 0. The molecule has 0 amide bonds. The van der Waals surface area contributed by atoms with E-state index in [4.69, 9.17) is 16.3 Å². The van der Waals surface area contributed by atoms with Gasteiger partial charge in [0.05, 0.1) is 17.7 Å². The molecule has 2 rings (SSSR count). The molecule has 0 saturated heterocycles. The van der Waals surface area contributed by atoms with Crippen molar-refractivity contribution in [3.05, 3.63) is 29.0 Å². The van der Waals surface area contributed by atoms with Crippen LogP contribution in [-0.2, 0) is 20.8 Å². The summed E-state index contributed by atoms with van der Waals surface area (Å²) in [5.74, 6) is -0.931. The minimum absolute atomic E-state index is 0.0155. The van der Waals surface area contributed by atoms with E-state index in [2.05, 4.69) is 9.72 Å². The Morgan fingerprint density at radius 1 is 1.36 bits per heavy atom. The van der Waals surface area contributed by atoms with Gasteiger partial charge in [-0.05, 0) is 26.8 Å². The number of carbonyl (C=O) groups is 2. The summed E-state index contributed by atoms with van der Waals surface area (Å²) in [7, 11) is 1.27. The number of esters is 2. The fourth-order valence-electron chi connectivity index (χ4n) is 2.00. The number of halogens is 1. The van der Waals surface area contributed by atoms with Crippen molar-refractivity contribution >= 4 is 34.6 Å². The number of nitrogens with zero attached hydrogens (tertiary/aromatic N) is 2. The average Bonchev–Trinajstić information content (AvgIpc) is 2.80. The fraction of sp³-hybridized carbons (Fsp3) is 0.400. The largest absolute Gasteiger partial charge is 0.465 e. The summed E-state index contributed by atoms with van der Waals surface area (Å²) in [6, 6.07) is 1.70. The molecule has 118 valence electrons. The molecule has 0 aromatic carbocycles. The third kappa shape index (κ3) is 3.39. The smallest absolute Gasteiger partial charge is 0.340 e. The van der Waals surface area contributed by atoms with Crippen LogP contribution in [0, 0.1) is 0 Å². The van der Waals surface area contributed by atoms with Gasteiger partial charge in [-0.3, -0.25) is 4.79 Å². The number of hydrogen-bond acceptors (Lipinski definition) is 5. The van der Waals surface area contributed by atoms with E-state index in [-0.39, 0.29) is 23.1 Å². The zero-order valence-corrected chi connectivity index (χ0v) is 13.6. The van der Waals surface area contributed by atoms with Gasteiger partial charge in [0.15, 0.2) is 0 Å². The average molecular weight is 325 g/mol. The maximum absolute atomic E-state index is 11.9. The first-order chi connectivity index (χ1) is 10.2. The van der Waals surface area contributed by atoms with Crippen LogP contribution in [0.15, 0.2) is 18.5 Å². The Morgan fingerprint density at radius 3 is 2.64 bits per heavy atom. The van der Waals surface area contributed by atoms with Crippen molar-refractivity contribution in [1.82, 2.24) is 9.55 Å². The number of methoxy groups -OCH3 is 1. The number of rotatable bonds is 3. The summed E-state index contributed by atoms with van der Waals surface area (Å²) in [4.78, 5) is 27.7. The Hall–Kier alpha value is -2.08. The van der Waals surface area contributed by atoms with E-state index < -0.39 is 11.6 Å². The highest BCUT2D eigenvalue weighted by molar-refractivity contribution is 6.38. The first-order valence-electron chi connectivity index (χ1n) is 6.66. The Kier molecular flexibility index (Phi) is 4.42. The van der Waals surface area contributed by atoms with Crippen molar-refractivity contribution in [2.24, 2.45) is 0 Å². The molecule has 0 fully saturated rings. The predicted molar refractivity (Wildman–Crippen MR) is 81.9 cm³/mol. The van der Waals surface area contributed by atoms with Gasteiger partial charge in [0, 0.05) is 17.8 Å². The van der Waals surface area contributed by atoms with Crippen LogP contribution in [-0.4, -0.2) is 34.2 Å². The summed E-state index contributed by atoms with van der Waals surface area (Å²) in [6.07, 6.45) is 3.01. The summed E-state index contributed by atoms with van der Waals surface area (Å²) < 4.78 is 11.5. The highest BCUT2D eigenvalue weighted by atomic mass is 35.5. The SMILES string of the molecule is COC(=O)c1cnc2c(ccn2CC(=O)OC(C)(C)C)c1Cl. The monoisotopic (exact) mass is 324 g/mol. The molecule has 0 aliphatic heterocycles. The molecule has 6 nitrogen and oxygen atoms in total. The number of carbonyl (C=O) groups excluding carboxylic acids is 2. The molecule has 0 aliphatic rings. The van der Waals surface area contributed by atoms with Crippen LogP contribution in [0.25, 0.3) is 11.0 Å². The zero-order chi connectivity index (χ0) is 16.5. The normalized spacial score (nSPS) is 11.5. The molecular weight excluding hydrogens is 308 g/mol. The number of aromatic nitrogens is 2. The fourth-order valence-corrected chi connectivity index (χ4v) is 2.27. The summed E-state index contributed by atoms with van der Waals surface area (Å²) >= 11 is 6.20. The molecule has 0 unspecified atom stereocenters. The molecule has 0 N–H and O–H groups in total. The third-order valence-electron chi connectivity index (χ3n) is 2.85. The highest BCUT2D eigenvalue weighted by Gasteiger charge is 2.19. The van der Waals surface area contributed by atoms with Gasteiger partial charge in [-0.25, -0.2) is 9.78 Å². The van der Waals surface area contributed by atoms with Gasteiger partial charge < -0.3 is 14.0 Å². The maximum Gasteiger partial charge on any atom is 0.340 e. The Bertz CT molecular complexity index is 731. The van der Waals surface area contributed by atoms with Crippen LogP contribution in [0.4, 0.5) is 0 Å². The van der Waals surface area contributed by atoms with E-state index in [1.54, 1.807) is 37.6 Å². The molecule has 0 saturated carbocycles. The van der Waals surface area contributed by atoms with Crippen LogP contribution >= 0.6 is 11.6 Å². The van der Waals surface area contributed by atoms with Crippen LogP contribution < -0.4 is 0 Å². The lowest BCUT2D eigenvalue weighted by Gasteiger charge is -2.19. The standard InChI is InChI=1S/C15H17ClN2O4/c1-15(2,3)22-11(19)8-18-6-5-9-12(16)10(14(20)21-4)7-17-13(9)18/h5-7H,8H2,1-4H3. The first kappa shape index (κ1) is 16.3. The van der Waals surface area contributed by atoms with Crippen molar-refractivity contribution in [2.45, 2.75) is 32.9 Å². The molecule has 7 heteroatoms. The van der Waals surface area contributed by atoms with E-state index in [9.17, 15) is 9.59 Å². The van der Waals surface area contributed by atoms with Crippen molar-refractivity contribution in [2.75, 3.05) is 7.11 Å². The molecule has 0 atom stereocenters. The topological polar surface area (TPSA) is 70.4 Å². The van der Waals surface area contributed by atoms with Crippen molar-refractivity contribution in [3.63, 3.8) is 0 Å². The lowest BCUT2D eigenvalue weighted by Crippen LogP contribution is -2.26. The van der Waals surface area contributed by atoms with E-state index in [0.29, 0.717) is 11.0 Å². The van der Waals surface area contributed by atoms with Crippen molar-refractivity contribution in [1.29, 1.82) is 0 Å². The lowest BCUT2D eigenvalue weighted by molar-refractivity contribution is -0.155. The van der Waals surface area contributed by atoms with Crippen LogP contribution in [0.1, 0.15) is 31.1 Å². The Labute approximate surface area is 133 Å². The molecule has 2 aromatic heterocycles. The van der Waals surface area contributed by atoms with Gasteiger partial charge in [0.2, 0.25) is 0 Å². The molecule has 22 heavy (non-hydrogen) atoms. The van der Waals surface area contributed by atoms with Gasteiger partial charge >= 0.3 is 11.9 Å². The molecule has 0 radical (unpaired) electrons. The lowest BCUT2D eigenvalue weighted by atomic mass is 10.2. The van der Waals surface area contributed by atoms with Crippen LogP contribution in [0.3, 0.4) is 0 Å². The minimum atomic E-state index is -0.556. The molecule has 0 spiro atoms. The number of pyridine rings is 1. The second-order valence-electron chi connectivity index (χ2n) is 5.74. The predicted octanol–water partition coefficient (Wildman–Crippen LogP) is 2.82. The van der Waals surface area contributed by atoms with E-state index in [1.165, 1.54) is 13.3 Å². The third-order valence-corrected chi connectivity index (χ3v) is 3.25. The second kappa shape index (κ2) is 5.96. The Morgan fingerprint density at radius 2 is 2.05 bits per heavy atom. The second-order valence-corrected chi connectivity index (χ2v) is 6.12. The Balaban J connectivity index is 2.33. The minimum Gasteiger partial charge on any atom is -0.465 e. The maximum atomic E-state index is 11.9. The van der Waals surface area contributed by atoms with E-state index >= 15 is 0 Å². The van der Waals surface area contributed by atoms with Crippen LogP contribution in [0.2, 0.25) is 5.02 Å². The van der Waals surface area contributed by atoms with Gasteiger partial charge in [-0.1, -0.05) is 11.6 Å². The van der Waals surface area contributed by atoms with Crippen molar-refractivity contribution in [3.8, 4) is 0 Å². The number of ether oxygens (including phenoxy) is 2. The van der Waals surface area contributed by atoms with Crippen molar-refractivity contribution < 1.29 is 19.1 Å². The number of fused-ring (bicyclic) bond motifs is 1. The van der Waals surface area contributed by atoms with Gasteiger partial charge in [-0.2, -0.15) is 0 Å². The van der Waals surface area contributed by atoms with Crippen LogP contribution in [0.5, 0.6) is 0 Å². The zero-order valence-electron chi connectivity index (χ0n) is 12.8. The summed E-state index contributed by atoms with van der Waals surface area (Å²) in [5.41, 5.74) is 0.138. The van der Waals surface area contributed by atoms with Gasteiger partial charge in [-0.15, -0.1) is 0 Å². The highest BCUT2D eigenvalue weighted by Crippen LogP contribution is 2.27. The molecule has 2 heterocycles.